The molecular weight excluding hydrogens is 344 g/mol. The van der Waals surface area contributed by atoms with Crippen LogP contribution < -0.4 is 10.6 Å². The highest BCUT2D eigenvalue weighted by Gasteiger charge is 2.19. The van der Waals surface area contributed by atoms with Gasteiger partial charge in [-0.2, -0.15) is 10.2 Å². The van der Waals surface area contributed by atoms with Crippen molar-refractivity contribution in [2.24, 2.45) is 0 Å². The summed E-state index contributed by atoms with van der Waals surface area (Å²) in [7, 11) is 0. The van der Waals surface area contributed by atoms with Crippen LogP contribution in [0.4, 0.5) is 11.5 Å². The highest BCUT2D eigenvalue weighted by Crippen LogP contribution is 2.22. The Bertz CT molecular complexity index is 987. The van der Waals surface area contributed by atoms with E-state index in [0.29, 0.717) is 11.5 Å². The van der Waals surface area contributed by atoms with Gasteiger partial charge in [-0.05, 0) is 32.9 Å². The Balaban J connectivity index is 1.95. The molecule has 0 spiro atoms. The minimum absolute atomic E-state index is 0.200. The van der Waals surface area contributed by atoms with Crippen LogP contribution in [0.5, 0.6) is 0 Å². The van der Waals surface area contributed by atoms with Gasteiger partial charge in [0.05, 0.1) is 22.8 Å². The molecule has 3 aromatic rings. The maximum absolute atomic E-state index is 12.8. The maximum atomic E-state index is 12.8. The number of aromatic nitrogens is 4. The standard InChI is InChI=1S/C19H22N6O2/c1-5-24-13(3)18(12(2)22-24)21-19(27)16-11-17(20-14(4)26)25(23-16)15-9-7-6-8-10-15/h6-11H,5H2,1-4H3,(H,20,26)(H,21,27). The Morgan fingerprint density at radius 1 is 1.07 bits per heavy atom. The fourth-order valence-electron chi connectivity index (χ4n) is 2.89. The Kier molecular flexibility index (Phi) is 5.07. The van der Waals surface area contributed by atoms with Crippen molar-refractivity contribution in [1.82, 2.24) is 19.6 Å². The van der Waals surface area contributed by atoms with Crippen LogP contribution in [0, 0.1) is 13.8 Å². The molecule has 0 unspecified atom stereocenters. The van der Waals surface area contributed by atoms with E-state index in [1.54, 1.807) is 6.07 Å². The van der Waals surface area contributed by atoms with Crippen LogP contribution in [0.1, 0.15) is 35.7 Å². The average molecular weight is 366 g/mol. The lowest BCUT2D eigenvalue weighted by Gasteiger charge is -2.06. The Hall–Kier alpha value is -3.42. The van der Waals surface area contributed by atoms with Gasteiger partial charge < -0.3 is 10.6 Å². The van der Waals surface area contributed by atoms with Crippen LogP contribution >= 0.6 is 0 Å². The number of nitrogens with zero attached hydrogens (tertiary/aromatic N) is 4. The number of rotatable bonds is 5. The fourth-order valence-corrected chi connectivity index (χ4v) is 2.89. The number of para-hydroxylation sites is 1. The molecule has 8 nitrogen and oxygen atoms in total. The average Bonchev–Trinajstić information content (AvgIpc) is 3.18. The molecule has 2 N–H and O–H groups in total. The van der Waals surface area contributed by atoms with Crippen molar-refractivity contribution in [3.63, 3.8) is 0 Å². The van der Waals surface area contributed by atoms with Crippen molar-refractivity contribution in [3.05, 3.63) is 53.5 Å². The zero-order valence-electron chi connectivity index (χ0n) is 15.8. The van der Waals surface area contributed by atoms with Crippen molar-refractivity contribution in [2.75, 3.05) is 10.6 Å². The van der Waals surface area contributed by atoms with E-state index in [2.05, 4.69) is 20.8 Å². The molecule has 0 aliphatic rings. The molecule has 3 rings (SSSR count). The van der Waals surface area contributed by atoms with E-state index in [9.17, 15) is 9.59 Å². The Morgan fingerprint density at radius 3 is 2.37 bits per heavy atom. The van der Waals surface area contributed by atoms with Crippen molar-refractivity contribution in [1.29, 1.82) is 0 Å². The highest BCUT2D eigenvalue weighted by molar-refractivity contribution is 6.04. The molecule has 0 saturated carbocycles. The summed E-state index contributed by atoms with van der Waals surface area (Å²) in [6.45, 7) is 7.88. The van der Waals surface area contributed by atoms with Gasteiger partial charge in [0.25, 0.3) is 5.91 Å². The lowest BCUT2D eigenvalue weighted by Crippen LogP contribution is -2.14. The molecule has 0 saturated heterocycles. The van der Waals surface area contributed by atoms with Gasteiger partial charge in [0, 0.05) is 19.5 Å². The van der Waals surface area contributed by atoms with Gasteiger partial charge in [-0.25, -0.2) is 4.68 Å². The van der Waals surface area contributed by atoms with Gasteiger partial charge in [0.1, 0.15) is 5.82 Å². The number of carbonyl (C=O) groups excluding carboxylic acids is 2. The van der Waals surface area contributed by atoms with Gasteiger partial charge in [0.15, 0.2) is 5.69 Å². The molecule has 27 heavy (non-hydrogen) atoms. The van der Waals surface area contributed by atoms with E-state index in [4.69, 9.17) is 0 Å². The van der Waals surface area contributed by atoms with Crippen molar-refractivity contribution >= 4 is 23.3 Å². The first-order chi connectivity index (χ1) is 12.9. The van der Waals surface area contributed by atoms with Crippen LogP contribution in [0.15, 0.2) is 36.4 Å². The molecule has 0 fully saturated rings. The topological polar surface area (TPSA) is 93.8 Å². The third kappa shape index (κ3) is 3.74. The summed E-state index contributed by atoms with van der Waals surface area (Å²) in [6.07, 6.45) is 0. The zero-order chi connectivity index (χ0) is 19.6. The first kappa shape index (κ1) is 18.4. The molecule has 1 aromatic carbocycles. The van der Waals surface area contributed by atoms with Crippen molar-refractivity contribution in [2.45, 2.75) is 34.2 Å². The summed E-state index contributed by atoms with van der Waals surface area (Å²) in [4.78, 5) is 24.3. The first-order valence-corrected chi connectivity index (χ1v) is 8.69. The molecule has 2 aromatic heterocycles. The summed E-state index contributed by atoms with van der Waals surface area (Å²) in [5, 5.41) is 14.4. The molecule has 2 amide bonds. The van der Waals surface area contributed by atoms with E-state index in [1.165, 1.54) is 11.6 Å². The fraction of sp³-hybridized carbons (Fsp3) is 0.263. The van der Waals surface area contributed by atoms with E-state index in [0.717, 1.165) is 23.6 Å². The van der Waals surface area contributed by atoms with Gasteiger partial charge >= 0.3 is 0 Å². The molecule has 0 aliphatic carbocycles. The molecule has 0 aliphatic heterocycles. The van der Waals surface area contributed by atoms with E-state index < -0.39 is 0 Å². The van der Waals surface area contributed by atoms with Gasteiger partial charge in [-0.3, -0.25) is 14.3 Å². The van der Waals surface area contributed by atoms with Gasteiger partial charge in [-0.15, -0.1) is 0 Å². The van der Waals surface area contributed by atoms with E-state index in [-0.39, 0.29) is 17.5 Å². The molecule has 0 radical (unpaired) electrons. The van der Waals surface area contributed by atoms with Crippen molar-refractivity contribution in [3.8, 4) is 5.69 Å². The quantitative estimate of drug-likeness (QED) is 0.726. The number of hydrogen-bond acceptors (Lipinski definition) is 4. The number of nitrogens with one attached hydrogen (secondary N) is 2. The van der Waals surface area contributed by atoms with Crippen LogP contribution in [0.25, 0.3) is 5.69 Å². The number of carbonyl (C=O) groups is 2. The lowest BCUT2D eigenvalue weighted by molar-refractivity contribution is -0.114. The number of aryl methyl sites for hydroxylation is 2. The second-order valence-electron chi connectivity index (χ2n) is 6.16. The predicted molar refractivity (Wildman–Crippen MR) is 103 cm³/mol. The second kappa shape index (κ2) is 7.45. The predicted octanol–water partition coefficient (Wildman–Crippen LogP) is 2.92. The largest absolute Gasteiger partial charge is 0.317 e. The van der Waals surface area contributed by atoms with Gasteiger partial charge in [0.2, 0.25) is 5.91 Å². The smallest absolute Gasteiger partial charge is 0.276 e. The molecule has 2 heterocycles. The zero-order valence-corrected chi connectivity index (χ0v) is 15.8. The van der Waals surface area contributed by atoms with Gasteiger partial charge in [-0.1, -0.05) is 18.2 Å². The first-order valence-electron chi connectivity index (χ1n) is 8.69. The minimum Gasteiger partial charge on any atom is -0.317 e. The number of hydrogen-bond donors (Lipinski definition) is 2. The Morgan fingerprint density at radius 2 is 1.78 bits per heavy atom. The summed E-state index contributed by atoms with van der Waals surface area (Å²) in [6, 6.07) is 10.9. The third-order valence-corrected chi connectivity index (χ3v) is 4.17. The SMILES string of the molecule is CCn1nc(C)c(NC(=O)c2cc(NC(C)=O)n(-c3ccccc3)n2)c1C. The summed E-state index contributed by atoms with van der Waals surface area (Å²) in [5.41, 5.74) is 3.24. The van der Waals surface area contributed by atoms with Crippen LogP contribution in [0.2, 0.25) is 0 Å². The van der Waals surface area contributed by atoms with Crippen LogP contribution in [-0.2, 0) is 11.3 Å². The van der Waals surface area contributed by atoms with E-state index >= 15 is 0 Å². The molecule has 0 atom stereocenters. The summed E-state index contributed by atoms with van der Waals surface area (Å²) < 4.78 is 3.36. The number of benzene rings is 1. The maximum Gasteiger partial charge on any atom is 0.276 e. The molecule has 140 valence electrons. The monoisotopic (exact) mass is 366 g/mol. The second-order valence-corrected chi connectivity index (χ2v) is 6.16. The van der Waals surface area contributed by atoms with Crippen molar-refractivity contribution < 1.29 is 9.59 Å². The summed E-state index contributed by atoms with van der Waals surface area (Å²) in [5.74, 6) is -0.176. The Labute approximate surface area is 157 Å². The molecule has 0 bridgehead atoms. The lowest BCUT2D eigenvalue weighted by atomic mass is 10.3. The van der Waals surface area contributed by atoms with Crippen LogP contribution in [0.3, 0.4) is 0 Å². The highest BCUT2D eigenvalue weighted by atomic mass is 16.2. The molecule has 8 heteroatoms. The normalized spacial score (nSPS) is 10.7. The van der Waals surface area contributed by atoms with E-state index in [1.807, 2.05) is 55.8 Å². The third-order valence-electron chi connectivity index (χ3n) is 4.17. The minimum atomic E-state index is -0.363. The molecular formula is C19H22N6O2. The number of amides is 2. The van der Waals surface area contributed by atoms with Crippen LogP contribution in [-0.4, -0.2) is 31.4 Å². The number of anilines is 2. The summed E-state index contributed by atoms with van der Waals surface area (Å²) >= 11 is 0.